The first-order chi connectivity index (χ1) is 12.1. The number of hydrogen-bond donors (Lipinski definition) is 1. The van der Waals surface area contributed by atoms with Crippen LogP contribution in [0.5, 0.6) is 0 Å². The van der Waals surface area contributed by atoms with Crippen LogP contribution < -0.4 is 9.62 Å². The fraction of sp³-hybridized carbons (Fsp3) is 0.400. The lowest BCUT2D eigenvalue weighted by atomic mass is 10.3. The quantitative estimate of drug-likeness (QED) is 0.785. The molecule has 0 aromatic carbocycles. The number of aromatic nitrogens is 2. The monoisotopic (exact) mass is 381 g/mol. The molecule has 1 N–H and O–H groups in total. The number of rotatable bonds is 6. The van der Waals surface area contributed by atoms with E-state index in [2.05, 4.69) is 14.7 Å². The highest BCUT2D eigenvalue weighted by Gasteiger charge is 2.23. The molecule has 1 saturated heterocycles. The molecule has 0 radical (unpaired) electrons. The van der Waals surface area contributed by atoms with E-state index in [0.717, 1.165) is 11.3 Å². The summed E-state index contributed by atoms with van der Waals surface area (Å²) in [6, 6.07) is 4.99. The number of carbonyl (C=O) groups excluding carboxylic acids is 1. The number of nitrogens with one attached hydrogen (secondary N) is 1. The lowest BCUT2D eigenvalue weighted by Crippen LogP contribution is -2.49. The van der Waals surface area contributed by atoms with Crippen LogP contribution in [0.25, 0.3) is 0 Å². The molecule has 0 spiro atoms. The van der Waals surface area contributed by atoms with E-state index in [1.54, 1.807) is 40.9 Å². The third kappa shape index (κ3) is 4.53. The third-order valence-corrected chi connectivity index (χ3v) is 6.72. The first-order valence-electron chi connectivity index (χ1n) is 7.89. The van der Waals surface area contributed by atoms with Crippen LogP contribution >= 0.6 is 11.3 Å². The maximum atomic E-state index is 12.3. The fourth-order valence-corrected chi connectivity index (χ4v) is 4.62. The first-order valence-corrected chi connectivity index (χ1v) is 10.3. The number of thiophene rings is 1. The molecule has 1 aliphatic rings. The Balaban J connectivity index is 1.44. The van der Waals surface area contributed by atoms with Crippen LogP contribution in [0.1, 0.15) is 6.42 Å². The summed E-state index contributed by atoms with van der Waals surface area (Å²) in [7, 11) is -3.52. The Morgan fingerprint density at radius 3 is 2.52 bits per heavy atom. The fourth-order valence-electron chi connectivity index (χ4n) is 2.55. The van der Waals surface area contributed by atoms with Crippen molar-refractivity contribution in [1.82, 2.24) is 19.6 Å². The summed E-state index contributed by atoms with van der Waals surface area (Å²) in [5, 5.41) is 1.70. The predicted molar refractivity (Wildman–Crippen MR) is 94.9 cm³/mol. The maximum Gasteiger partial charge on any atom is 0.250 e. The highest BCUT2D eigenvalue weighted by Crippen LogP contribution is 2.15. The summed E-state index contributed by atoms with van der Waals surface area (Å²) in [6.45, 7) is 2.58. The van der Waals surface area contributed by atoms with Crippen molar-refractivity contribution >= 4 is 33.2 Å². The van der Waals surface area contributed by atoms with Crippen molar-refractivity contribution in [1.29, 1.82) is 0 Å². The molecule has 0 atom stereocenters. The van der Waals surface area contributed by atoms with Gasteiger partial charge >= 0.3 is 0 Å². The van der Waals surface area contributed by atoms with Crippen LogP contribution in [0.4, 0.5) is 5.95 Å². The number of piperazine rings is 1. The van der Waals surface area contributed by atoms with E-state index >= 15 is 0 Å². The Morgan fingerprint density at radius 1 is 1.16 bits per heavy atom. The largest absolute Gasteiger partial charge is 0.339 e. The molecular formula is C15H19N5O3S2. The normalized spacial score (nSPS) is 15.4. The van der Waals surface area contributed by atoms with Gasteiger partial charge in [-0.1, -0.05) is 6.07 Å². The van der Waals surface area contributed by atoms with Crippen LogP contribution in [0.15, 0.2) is 40.2 Å². The minimum absolute atomic E-state index is 0.0532. The van der Waals surface area contributed by atoms with E-state index in [1.165, 1.54) is 0 Å². The molecule has 0 bridgehead atoms. The van der Waals surface area contributed by atoms with Gasteiger partial charge in [-0.15, -0.1) is 11.3 Å². The molecule has 3 heterocycles. The molecule has 25 heavy (non-hydrogen) atoms. The lowest BCUT2D eigenvalue weighted by molar-refractivity contribution is -0.131. The number of amides is 1. The zero-order chi connectivity index (χ0) is 17.7. The Labute approximate surface area is 150 Å². The van der Waals surface area contributed by atoms with Crippen molar-refractivity contribution < 1.29 is 13.2 Å². The molecule has 0 aliphatic carbocycles. The highest BCUT2D eigenvalue weighted by molar-refractivity contribution is 7.91. The number of nitrogens with zero attached hydrogens (tertiary/aromatic N) is 4. The second kappa shape index (κ2) is 7.89. The molecule has 8 nitrogen and oxygen atoms in total. The number of hydrogen-bond acceptors (Lipinski definition) is 7. The molecule has 0 saturated carbocycles. The van der Waals surface area contributed by atoms with Gasteiger partial charge in [-0.2, -0.15) is 0 Å². The molecule has 134 valence electrons. The standard InChI is InChI=1S/C15H19N5O3S2/c21-13(4-7-18-25(22,23)14-3-1-12-24-14)19-8-10-20(11-9-19)15-16-5-2-6-17-15/h1-3,5-6,12,18H,4,7-11H2. The first kappa shape index (κ1) is 17.8. The predicted octanol–water partition coefficient (Wildman–Crippen LogP) is 0.555. The molecule has 10 heteroatoms. The zero-order valence-electron chi connectivity index (χ0n) is 13.5. The van der Waals surface area contributed by atoms with Gasteiger partial charge in [-0.05, 0) is 17.5 Å². The van der Waals surface area contributed by atoms with Gasteiger partial charge in [0.1, 0.15) is 4.21 Å². The van der Waals surface area contributed by atoms with Crippen LogP contribution in [0.2, 0.25) is 0 Å². The summed E-state index contributed by atoms with van der Waals surface area (Å²) < 4.78 is 26.7. The Bertz CT molecular complexity index is 788. The van der Waals surface area contributed by atoms with Crippen molar-refractivity contribution in [3.8, 4) is 0 Å². The van der Waals surface area contributed by atoms with Crippen LogP contribution in [0, 0.1) is 0 Å². The second-order valence-electron chi connectivity index (χ2n) is 5.50. The lowest BCUT2D eigenvalue weighted by Gasteiger charge is -2.34. The van der Waals surface area contributed by atoms with Gasteiger partial charge in [0, 0.05) is 51.5 Å². The molecule has 1 fully saturated rings. The van der Waals surface area contributed by atoms with E-state index in [1.807, 2.05) is 4.90 Å². The van der Waals surface area contributed by atoms with Crippen LogP contribution in [0.3, 0.4) is 0 Å². The maximum absolute atomic E-state index is 12.3. The van der Waals surface area contributed by atoms with Crippen LogP contribution in [-0.4, -0.2) is 61.9 Å². The summed E-state index contributed by atoms with van der Waals surface area (Å²) in [5.74, 6) is 0.612. The molecule has 1 aliphatic heterocycles. The molecule has 3 rings (SSSR count). The van der Waals surface area contributed by atoms with Gasteiger partial charge in [0.2, 0.25) is 21.9 Å². The average Bonchev–Trinajstić information content (AvgIpc) is 3.18. The molecule has 0 unspecified atom stereocenters. The van der Waals surface area contributed by atoms with Gasteiger partial charge < -0.3 is 9.80 Å². The molecule has 2 aromatic rings. The van der Waals surface area contributed by atoms with Crippen molar-refractivity contribution in [2.24, 2.45) is 0 Å². The van der Waals surface area contributed by atoms with Crippen molar-refractivity contribution in [3.63, 3.8) is 0 Å². The van der Waals surface area contributed by atoms with E-state index in [9.17, 15) is 13.2 Å². The molecule has 1 amide bonds. The number of sulfonamides is 1. The van der Waals surface area contributed by atoms with E-state index in [4.69, 9.17) is 0 Å². The van der Waals surface area contributed by atoms with E-state index < -0.39 is 10.0 Å². The second-order valence-corrected chi connectivity index (χ2v) is 8.44. The summed E-state index contributed by atoms with van der Waals surface area (Å²) in [6.07, 6.45) is 3.53. The number of carbonyl (C=O) groups is 1. The highest BCUT2D eigenvalue weighted by atomic mass is 32.2. The number of anilines is 1. The van der Waals surface area contributed by atoms with Crippen molar-refractivity contribution in [2.45, 2.75) is 10.6 Å². The van der Waals surface area contributed by atoms with Gasteiger partial charge in [-0.3, -0.25) is 4.79 Å². The molecular weight excluding hydrogens is 362 g/mol. The third-order valence-electron chi connectivity index (χ3n) is 3.86. The SMILES string of the molecule is O=C(CCNS(=O)(=O)c1cccs1)N1CCN(c2ncccn2)CC1. The van der Waals surface area contributed by atoms with Crippen molar-refractivity contribution in [3.05, 3.63) is 36.0 Å². The Morgan fingerprint density at radius 2 is 1.88 bits per heavy atom. The minimum atomic E-state index is -3.52. The van der Waals surface area contributed by atoms with E-state index in [-0.39, 0.29) is 23.1 Å². The van der Waals surface area contributed by atoms with Crippen LogP contribution in [-0.2, 0) is 14.8 Å². The molecule has 2 aromatic heterocycles. The van der Waals surface area contributed by atoms with Gasteiger partial charge in [0.25, 0.3) is 0 Å². The van der Waals surface area contributed by atoms with Gasteiger partial charge in [0.05, 0.1) is 0 Å². The van der Waals surface area contributed by atoms with E-state index in [0.29, 0.717) is 32.1 Å². The van der Waals surface area contributed by atoms with Crippen molar-refractivity contribution in [2.75, 3.05) is 37.6 Å². The van der Waals surface area contributed by atoms with Gasteiger partial charge in [0.15, 0.2) is 0 Å². The minimum Gasteiger partial charge on any atom is -0.339 e. The Hall–Kier alpha value is -2.04. The average molecular weight is 381 g/mol. The summed E-state index contributed by atoms with van der Waals surface area (Å²) in [4.78, 5) is 24.5. The zero-order valence-corrected chi connectivity index (χ0v) is 15.2. The topological polar surface area (TPSA) is 95.5 Å². The summed E-state index contributed by atoms with van der Waals surface area (Å²) in [5.41, 5.74) is 0. The smallest absolute Gasteiger partial charge is 0.250 e. The summed E-state index contributed by atoms with van der Waals surface area (Å²) >= 11 is 1.15. The van der Waals surface area contributed by atoms with Gasteiger partial charge in [-0.25, -0.2) is 23.1 Å². The Kier molecular flexibility index (Phi) is 5.61.